The van der Waals surface area contributed by atoms with Gasteiger partial charge in [0, 0.05) is 16.2 Å². The minimum absolute atomic E-state index is 0.242. The number of hydrogen-bond acceptors (Lipinski definition) is 2. The van der Waals surface area contributed by atoms with Gasteiger partial charge in [0.05, 0.1) is 0 Å². The topological polar surface area (TPSA) is 60.2 Å². The lowest BCUT2D eigenvalue weighted by molar-refractivity contribution is 0.511. The zero-order valence-electron chi connectivity index (χ0n) is 10.4. The third-order valence-electron chi connectivity index (χ3n) is 1.78. The molecule has 1 aromatic rings. The van der Waals surface area contributed by atoms with Gasteiger partial charge in [-0.2, -0.15) is 5.26 Å². The van der Waals surface area contributed by atoms with Crippen molar-refractivity contribution < 1.29 is 4.39 Å². The Bertz CT molecular complexity index is 480. The van der Waals surface area contributed by atoms with Crippen LogP contribution in [0.15, 0.2) is 23.2 Å². The summed E-state index contributed by atoms with van der Waals surface area (Å²) < 4.78 is 13.2. The van der Waals surface area contributed by atoms with Gasteiger partial charge in [-0.25, -0.2) is 4.39 Å². The number of nitriles is 1. The number of hydrogen-bond donors (Lipinski definition) is 2. The molecule has 0 bridgehead atoms. The molecule has 0 saturated carbocycles. The quantitative estimate of drug-likeness (QED) is 0.467. The van der Waals surface area contributed by atoms with Gasteiger partial charge >= 0.3 is 0 Å². The molecule has 0 spiro atoms. The molecule has 2 N–H and O–H groups in total. The van der Waals surface area contributed by atoms with E-state index in [4.69, 9.17) is 16.9 Å². The molecule has 4 nitrogen and oxygen atoms in total. The fraction of sp³-hybridized carbons (Fsp3) is 0.333. The standard InChI is InChI=1S/C12H14ClFN4/c1-12(2,3)18-11(16-7-15)17-10-5-8(13)4-9(14)6-10/h4-6H,1-3H3,(H2,16,17,18). The van der Waals surface area contributed by atoms with E-state index in [1.54, 1.807) is 12.3 Å². The zero-order chi connectivity index (χ0) is 13.8. The summed E-state index contributed by atoms with van der Waals surface area (Å²) in [5.41, 5.74) is 0.144. The van der Waals surface area contributed by atoms with Gasteiger partial charge in [-0.05, 0) is 39.0 Å². The van der Waals surface area contributed by atoms with Crippen LogP contribution in [0, 0.1) is 17.3 Å². The van der Waals surface area contributed by atoms with Gasteiger partial charge in [0.1, 0.15) is 5.82 Å². The lowest BCUT2D eigenvalue weighted by Gasteiger charge is -2.23. The highest BCUT2D eigenvalue weighted by molar-refractivity contribution is 6.30. The third-order valence-corrected chi connectivity index (χ3v) is 2.00. The van der Waals surface area contributed by atoms with Crippen molar-refractivity contribution in [2.75, 3.05) is 5.32 Å². The highest BCUT2D eigenvalue weighted by atomic mass is 35.5. The summed E-state index contributed by atoms with van der Waals surface area (Å²) in [6.45, 7) is 5.75. The Kier molecular flexibility index (Phi) is 4.51. The molecule has 0 aliphatic rings. The number of aliphatic imine (C=N–C) groups is 1. The maximum Gasteiger partial charge on any atom is 0.212 e. The molecule has 0 heterocycles. The number of guanidine groups is 1. The highest BCUT2D eigenvalue weighted by Crippen LogP contribution is 2.18. The van der Waals surface area contributed by atoms with E-state index >= 15 is 0 Å². The number of benzene rings is 1. The lowest BCUT2D eigenvalue weighted by atomic mass is 10.1. The molecule has 1 aromatic carbocycles. The van der Waals surface area contributed by atoms with Crippen LogP contribution in [0.4, 0.5) is 10.1 Å². The molecule has 1 rings (SSSR count). The molecular weight excluding hydrogens is 255 g/mol. The van der Waals surface area contributed by atoms with Crippen LogP contribution in [0.5, 0.6) is 0 Å². The van der Waals surface area contributed by atoms with Crippen LogP contribution in [0.1, 0.15) is 20.8 Å². The summed E-state index contributed by atoms with van der Waals surface area (Å²) in [6, 6.07) is 4.01. The van der Waals surface area contributed by atoms with Gasteiger partial charge in [0.25, 0.3) is 0 Å². The minimum atomic E-state index is -0.461. The van der Waals surface area contributed by atoms with Crippen LogP contribution < -0.4 is 10.6 Å². The summed E-state index contributed by atoms with van der Waals surface area (Å²) in [5.74, 6) is -0.219. The fourth-order valence-electron chi connectivity index (χ4n) is 1.26. The molecule has 6 heteroatoms. The Morgan fingerprint density at radius 3 is 2.56 bits per heavy atom. The third kappa shape index (κ3) is 5.02. The maximum atomic E-state index is 13.2. The lowest BCUT2D eigenvalue weighted by Crippen LogP contribution is -2.44. The van der Waals surface area contributed by atoms with Gasteiger partial charge in [-0.15, -0.1) is 4.99 Å². The average molecular weight is 269 g/mol. The first-order valence-electron chi connectivity index (χ1n) is 5.28. The Labute approximate surface area is 110 Å². The van der Waals surface area contributed by atoms with Gasteiger partial charge < -0.3 is 10.6 Å². The van der Waals surface area contributed by atoms with E-state index in [-0.39, 0.29) is 16.5 Å². The van der Waals surface area contributed by atoms with Crippen LogP contribution in [0.2, 0.25) is 5.02 Å². The summed E-state index contributed by atoms with van der Waals surface area (Å²) in [5, 5.41) is 14.7. The molecule has 96 valence electrons. The van der Waals surface area contributed by atoms with E-state index < -0.39 is 5.82 Å². The number of nitrogens with zero attached hydrogens (tertiary/aromatic N) is 2. The summed E-state index contributed by atoms with van der Waals surface area (Å²) in [4.78, 5) is 3.60. The monoisotopic (exact) mass is 268 g/mol. The molecule has 0 fully saturated rings. The highest BCUT2D eigenvalue weighted by Gasteiger charge is 2.13. The van der Waals surface area contributed by atoms with Crippen molar-refractivity contribution in [3.63, 3.8) is 0 Å². The first-order chi connectivity index (χ1) is 8.30. The number of rotatable bonds is 1. The van der Waals surface area contributed by atoms with Crippen molar-refractivity contribution in [3.05, 3.63) is 29.0 Å². The fourth-order valence-corrected chi connectivity index (χ4v) is 1.48. The second kappa shape index (κ2) is 5.69. The molecule has 0 saturated heterocycles. The molecule has 0 aromatic heterocycles. The molecule has 18 heavy (non-hydrogen) atoms. The minimum Gasteiger partial charge on any atom is -0.351 e. The predicted octanol–water partition coefficient (Wildman–Crippen LogP) is 3.12. The second-order valence-electron chi connectivity index (χ2n) is 4.72. The van der Waals surface area contributed by atoms with Gasteiger partial charge in [0.15, 0.2) is 0 Å². The molecule has 0 amide bonds. The normalized spacial score (nSPS) is 11.9. The number of nitrogens with one attached hydrogen (secondary N) is 2. The van der Waals surface area contributed by atoms with Crippen LogP contribution in [0.3, 0.4) is 0 Å². The van der Waals surface area contributed by atoms with E-state index in [1.165, 1.54) is 12.1 Å². The van der Waals surface area contributed by atoms with Crippen molar-refractivity contribution in [2.45, 2.75) is 26.3 Å². The Morgan fingerprint density at radius 2 is 2.06 bits per heavy atom. The SMILES string of the molecule is CC(C)(C)N/C(=N\C#N)Nc1cc(F)cc(Cl)c1. The van der Waals surface area contributed by atoms with Crippen LogP contribution in [0.25, 0.3) is 0 Å². The van der Waals surface area contributed by atoms with Crippen molar-refractivity contribution in [1.29, 1.82) is 5.26 Å². The largest absolute Gasteiger partial charge is 0.351 e. The van der Waals surface area contributed by atoms with E-state index in [0.29, 0.717) is 5.69 Å². The van der Waals surface area contributed by atoms with Crippen LogP contribution >= 0.6 is 11.6 Å². The predicted molar refractivity (Wildman–Crippen MR) is 71.0 cm³/mol. The summed E-state index contributed by atoms with van der Waals surface area (Å²) in [6.07, 6.45) is 1.68. The first-order valence-corrected chi connectivity index (χ1v) is 5.66. The van der Waals surface area contributed by atoms with Crippen molar-refractivity contribution in [3.8, 4) is 6.19 Å². The zero-order valence-corrected chi connectivity index (χ0v) is 11.1. The van der Waals surface area contributed by atoms with E-state index in [2.05, 4.69) is 15.6 Å². The van der Waals surface area contributed by atoms with Gasteiger partial charge in [0.2, 0.25) is 12.2 Å². The van der Waals surface area contributed by atoms with Gasteiger partial charge in [-0.3, -0.25) is 0 Å². The van der Waals surface area contributed by atoms with E-state index in [0.717, 1.165) is 0 Å². The van der Waals surface area contributed by atoms with Crippen molar-refractivity contribution in [1.82, 2.24) is 5.32 Å². The van der Waals surface area contributed by atoms with Crippen molar-refractivity contribution in [2.24, 2.45) is 4.99 Å². The molecular formula is C12H14ClFN4. The van der Waals surface area contributed by atoms with E-state index in [1.807, 2.05) is 20.8 Å². The smallest absolute Gasteiger partial charge is 0.212 e. The Balaban J connectivity index is 2.91. The number of halogens is 2. The molecule has 0 radical (unpaired) electrons. The van der Waals surface area contributed by atoms with Crippen LogP contribution in [-0.2, 0) is 0 Å². The second-order valence-corrected chi connectivity index (χ2v) is 5.15. The van der Waals surface area contributed by atoms with Gasteiger partial charge in [-0.1, -0.05) is 11.6 Å². The molecule has 0 atom stereocenters. The Morgan fingerprint density at radius 1 is 1.39 bits per heavy atom. The van der Waals surface area contributed by atoms with E-state index in [9.17, 15) is 4.39 Å². The van der Waals surface area contributed by atoms with Crippen LogP contribution in [-0.4, -0.2) is 11.5 Å². The first kappa shape index (κ1) is 14.3. The van der Waals surface area contributed by atoms with Crippen molar-refractivity contribution >= 4 is 23.2 Å². The number of anilines is 1. The average Bonchev–Trinajstić information content (AvgIpc) is 2.12. The summed E-state index contributed by atoms with van der Waals surface area (Å²) in [7, 11) is 0. The maximum absolute atomic E-state index is 13.2. The molecule has 0 aliphatic heterocycles. The molecule has 0 unspecified atom stereocenters. The molecule has 0 aliphatic carbocycles. The summed E-state index contributed by atoms with van der Waals surface area (Å²) >= 11 is 5.74. The Hall–Kier alpha value is -1.80.